The molecular weight excluding hydrogens is 458 g/mol. The number of sulfone groups is 1. The Morgan fingerprint density at radius 3 is 2.42 bits per heavy atom. The number of hydrogen-bond donors (Lipinski definition) is 2. The minimum Gasteiger partial charge on any atom is -0.378 e. The highest BCUT2D eigenvalue weighted by Crippen LogP contribution is 2.43. The topological polar surface area (TPSA) is 118 Å². The second-order valence-electron chi connectivity index (χ2n) is 6.94. The fraction of sp³-hybridized carbons (Fsp3) is 0.350. The van der Waals surface area contributed by atoms with E-state index in [1.54, 1.807) is 0 Å². The van der Waals surface area contributed by atoms with Crippen LogP contribution in [0.15, 0.2) is 47.4 Å². The molecule has 0 saturated carbocycles. The molecule has 0 radical (unpaired) electrons. The van der Waals surface area contributed by atoms with Crippen LogP contribution in [0.1, 0.15) is 26.9 Å². The van der Waals surface area contributed by atoms with Crippen LogP contribution in [0.4, 0.5) is 11.4 Å². The molecule has 11 heteroatoms. The molecule has 0 spiro atoms. The molecule has 0 aliphatic carbocycles. The minimum atomic E-state index is -3.55. The summed E-state index contributed by atoms with van der Waals surface area (Å²) in [5, 5.41) is 16.9. The fourth-order valence-electron chi connectivity index (χ4n) is 2.99. The highest BCUT2D eigenvalue weighted by molar-refractivity contribution is 8.16. The molecule has 31 heavy (non-hydrogen) atoms. The highest BCUT2D eigenvalue weighted by Gasteiger charge is 2.19. The molecule has 2 aromatic carbocycles. The molecule has 166 valence electrons. The van der Waals surface area contributed by atoms with Gasteiger partial charge in [0.1, 0.15) is 5.69 Å². The van der Waals surface area contributed by atoms with E-state index in [1.165, 1.54) is 24.1 Å². The van der Waals surface area contributed by atoms with E-state index in [2.05, 4.69) is 10.6 Å². The van der Waals surface area contributed by atoms with E-state index in [1.807, 2.05) is 47.8 Å². The first kappa shape index (κ1) is 23.4. The van der Waals surface area contributed by atoms with Gasteiger partial charge in [-0.3, -0.25) is 14.9 Å². The van der Waals surface area contributed by atoms with E-state index in [4.69, 9.17) is 0 Å². The molecular formula is C20H23N3O5S3. The van der Waals surface area contributed by atoms with Crippen LogP contribution in [0.2, 0.25) is 0 Å². The van der Waals surface area contributed by atoms with Crippen LogP contribution < -0.4 is 10.6 Å². The van der Waals surface area contributed by atoms with Gasteiger partial charge in [-0.25, -0.2) is 8.42 Å². The lowest BCUT2D eigenvalue weighted by Crippen LogP contribution is -2.28. The molecule has 2 N–H and O–H groups in total. The summed E-state index contributed by atoms with van der Waals surface area (Å²) in [6.45, 7) is 0.498. The maximum Gasteiger partial charge on any atom is 0.293 e. The largest absolute Gasteiger partial charge is 0.378 e. The molecule has 2 aromatic rings. The van der Waals surface area contributed by atoms with Crippen molar-refractivity contribution in [3.05, 3.63) is 63.7 Å². The minimum absolute atomic E-state index is 0.119. The third-order valence-corrected chi connectivity index (χ3v) is 8.72. The summed E-state index contributed by atoms with van der Waals surface area (Å²) in [7, 11) is -3.55. The smallest absolute Gasteiger partial charge is 0.293 e. The number of carbonyl (C=O) groups excluding carboxylic acids is 1. The maximum atomic E-state index is 12.3. The zero-order chi connectivity index (χ0) is 22.4. The summed E-state index contributed by atoms with van der Waals surface area (Å²) in [6.07, 6.45) is 2.22. The predicted octanol–water partition coefficient (Wildman–Crippen LogP) is 3.71. The predicted molar refractivity (Wildman–Crippen MR) is 126 cm³/mol. The quantitative estimate of drug-likeness (QED) is 0.333. The third kappa shape index (κ3) is 6.37. The molecule has 1 heterocycles. The highest BCUT2D eigenvalue weighted by atomic mass is 32.2. The Bertz CT molecular complexity index is 1050. The summed E-state index contributed by atoms with van der Waals surface area (Å²) in [6, 6.07) is 11.3. The number of nitro groups is 1. The van der Waals surface area contributed by atoms with Crippen LogP contribution in [0.25, 0.3) is 0 Å². The van der Waals surface area contributed by atoms with Gasteiger partial charge in [-0.05, 0) is 47.8 Å². The first-order valence-corrected chi connectivity index (χ1v) is 13.6. The van der Waals surface area contributed by atoms with E-state index in [0.29, 0.717) is 10.1 Å². The van der Waals surface area contributed by atoms with Crippen molar-refractivity contribution in [1.82, 2.24) is 5.32 Å². The molecule has 1 amide bonds. The van der Waals surface area contributed by atoms with Crippen molar-refractivity contribution in [3.8, 4) is 0 Å². The fourth-order valence-corrected chi connectivity index (χ4v) is 6.53. The summed E-state index contributed by atoms with van der Waals surface area (Å²) in [5.41, 5.74) is 1.62. The Morgan fingerprint density at radius 2 is 1.81 bits per heavy atom. The van der Waals surface area contributed by atoms with Gasteiger partial charge in [0.2, 0.25) is 0 Å². The van der Waals surface area contributed by atoms with Gasteiger partial charge in [0.15, 0.2) is 9.84 Å². The standard InChI is InChI=1S/C20H23N3O5S3/c1-31(27,28)16-7-8-17(18(13-16)23(25)26)21-9-10-22-19(24)14-3-5-15(6-4-14)20-29-11-2-12-30-20/h3-8,13,20-21H,2,9-12H2,1H3,(H,22,24). The Kier molecular flexibility index (Phi) is 7.84. The van der Waals surface area contributed by atoms with Crippen LogP contribution in [-0.2, 0) is 9.84 Å². The van der Waals surface area contributed by atoms with Crippen molar-refractivity contribution in [2.75, 3.05) is 36.2 Å². The number of benzene rings is 2. The molecule has 1 aliphatic rings. The lowest BCUT2D eigenvalue weighted by Gasteiger charge is -2.21. The van der Waals surface area contributed by atoms with Crippen LogP contribution in [0.5, 0.6) is 0 Å². The van der Waals surface area contributed by atoms with Gasteiger partial charge in [0, 0.05) is 31.0 Å². The van der Waals surface area contributed by atoms with Crippen LogP contribution in [0.3, 0.4) is 0 Å². The van der Waals surface area contributed by atoms with E-state index < -0.39 is 14.8 Å². The molecule has 1 aliphatic heterocycles. The van der Waals surface area contributed by atoms with Gasteiger partial charge < -0.3 is 10.6 Å². The van der Waals surface area contributed by atoms with Gasteiger partial charge in [0.05, 0.1) is 14.4 Å². The molecule has 8 nitrogen and oxygen atoms in total. The van der Waals surface area contributed by atoms with Gasteiger partial charge in [-0.1, -0.05) is 12.1 Å². The van der Waals surface area contributed by atoms with Crippen LogP contribution in [0, 0.1) is 10.1 Å². The van der Waals surface area contributed by atoms with Crippen molar-refractivity contribution in [2.24, 2.45) is 0 Å². The zero-order valence-electron chi connectivity index (χ0n) is 16.9. The number of hydrogen-bond acceptors (Lipinski definition) is 8. The number of amides is 1. The molecule has 0 unspecified atom stereocenters. The normalized spacial score (nSPS) is 14.7. The van der Waals surface area contributed by atoms with Crippen LogP contribution in [-0.4, -0.2) is 50.1 Å². The van der Waals surface area contributed by atoms with Crippen molar-refractivity contribution >= 4 is 50.6 Å². The van der Waals surface area contributed by atoms with Gasteiger partial charge >= 0.3 is 0 Å². The maximum absolute atomic E-state index is 12.3. The second-order valence-corrected chi connectivity index (χ2v) is 11.7. The average Bonchev–Trinajstić information content (AvgIpc) is 2.76. The molecule has 0 atom stereocenters. The monoisotopic (exact) mass is 481 g/mol. The van der Waals surface area contributed by atoms with Gasteiger partial charge in [-0.2, -0.15) is 0 Å². The average molecular weight is 482 g/mol. The van der Waals surface area contributed by atoms with Gasteiger partial charge in [-0.15, -0.1) is 23.5 Å². The Hall–Kier alpha value is -2.24. The lowest BCUT2D eigenvalue weighted by atomic mass is 10.1. The van der Waals surface area contributed by atoms with Crippen molar-refractivity contribution < 1.29 is 18.1 Å². The SMILES string of the molecule is CS(=O)(=O)c1ccc(NCCNC(=O)c2ccc(C3SCCCS3)cc2)c([N+](=O)[O-])c1. The van der Waals surface area contributed by atoms with E-state index in [9.17, 15) is 23.3 Å². The molecule has 0 bridgehead atoms. The summed E-state index contributed by atoms with van der Waals surface area (Å²) < 4.78 is 23.6. The van der Waals surface area contributed by atoms with E-state index in [-0.39, 0.29) is 35.3 Å². The number of nitrogens with zero attached hydrogens (tertiary/aromatic N) is 1. The third-order valence-electron chi connectivity index (χ3n) is 4.59. The molecule has 0 aromatic heterocycles. The molecule has 3 rings (SSSR count). The summed E-state index contributed by atoms with van der Waals surface area (Å²) in [5.74, 6) is 2.09. The summed E-state index contributed by atoms with van der Waals surface area (Å²) in [4.78, 5) is 22.9. The first-order valence-electron chi connectivity index (χ1n) is 9.59. The van der Waals surface area contributed by atoms with Gasteiger partial charge in [0.25, 0.3) is 11.6 Å². The number of anilines is 1. The van der Waals surface area contributed by atoms with Crippen molar-refractivity contribution in [2.45, 2.75) is 15.9 Å². The van der Waals surface area contributed by atoms with E-state index in [0.717, 1.165) is 23.8 Å². The summed E-state index contributed by atoms with van der Waals surface area (Å²) >= 11 is 3.85. The van der Waals surface area contributed by atoms with Crippen LogP contribution >= 0.6 is 23.5 Å². The zero-order valence-corrected chi connectivity index (χ0v) is 19.3. The number of nitrogens with one attached hydrogen (secondary N) is 2. The lowest BCUT2D eigenvalue weighted by molar-refractivity contribution is -0.384. The number of rotatable bonds is 8. The van der Waals surface area contributed by atoms with E-state index >= 15 is 0 Å². The molecule has 1 saturated heterocycles. The second kappa shape index (κ2) is 10.4. The molecule has 1 fully saturated rings. The number of thioether (sulfide) groups is 2. The first-order chi connectivity index (χ1) is 14.8. The Labute approximate surface area is 189 Å². The Morgan fingerprint density at radius 1 is 1.13 bits per heavy atom. The Balaban J connectivity index is 1.53. The van der Waals surface area contributed by atoms with Crippen molar-refractivity contribution in [1.29, 1.82) is 0 Å². The number of nitro benzene ring substituents is 1. The van der Waals surface area contributed by atoms with Crippen molar-refractivity contribution in [3.63, 3.8) is 0 Å². The number of carbonyl (C=O) groups is 1.